The Kier molecular flexibility index (Phi) is 12.0. The topological polar surface area (TPSA) is 63.3 Å². The van der Waals surface area contributed by atoms with E-state index in [0.717, 1.165) is 81.1 Å². The van der Waals surface area contributed by atoms with Crippen LogP contribution in [-0.2, 0) is 30.3 Å². The first kappa shape index (κ1) is 39.9. The number of carbonyl (C=O) groups excluding carboxylic acids is 1. The van der Waals surface area contributed by atoms with Crippen LogP contribution in [0, 0.1) is 24.8 Å². The fourth-order valence-electron chi connectivity index (χ4n) is 8.39. The fourth-order valence-corrected chi connectivity index (χ4v) is 8.39. The number of ketones is 1. The first-order valence-corrected chi connectivity index (χ1v) is 19.5. The van der Waals surface area contributed by atoms with Crippen LogP contribution in [0.3, 0.4) is 0 Å². The number of aliphatic hydroxyl groups is 1. The summed E-state index contributed by atoms with van der Waals surface area (Å²) >= 11 is 0. The number of pyridine rings is 1. The Morgan fingerprint density at radius 1 is 0.800 bits per heavy atom. The summed E-state index contributed by atoms with van der Waals surface area (Å²) in [6, 6.07) is 38.0. The first-order chi connectivity index (χ1) is 26.1. The van der Waals surface area contributed by atoms with Crippen molar-refractivity contribution in [1.29, 1.82) is 0 Å². The molecule has 0 amide bonds. The van der Waals surface area contributed by atoms with Crippen molar-refractivity contribution in [3.63, 3.8) is 0 Å². The maximum atomic E-state index is 11.7. The van der Waals surface area contributed by atoms with Gasteiger partial charge in [0.05, 0.1) is 5.76 Å². The molecule has 0 bridgehead atoms. The van der Waals surface area contributed by atoms with Gasteiger partial charge in [0.1, 0.15) is 11.2 Å². The van der Waals surface area contributed by atoms with E-state index in [4.69, 9.17) is 9.40 Å². The van der Waals surface area contributed by atoms with Crippen molar-refractivity contribution in [2.24, 2.45) is 11.8 Å². The smallest absolute Gasteiger partial charge is 0.162 e. The second kappa shape index (κ2) is 16.5. The van der Waals surface area contributed by atoms with Crippen LogP contribution in [0.1, 0.15) is 83.9 Å². The minimum Gasteiger partial charge on any atom is -0.512 e. The normalized spacial score (nSPS) is 13.1. The summed E-state index contributed by atoms with van der Waals surface area (Å²) < 4.78 is 6.94. The average molecular weight is 905 g/mol. The van der Waals surface area contributed by atoms with E-state index < -0.39 is 0 Å². The number of allylic oxidation sites excluding steroid dienone is 2. The molecule has 0 aliphatic heterocycles. The molecule has 0 fully saturated rings. The number of carbonyl (C=O) groups is 1. The molecule has 0 spiro atoms. The Morgan fingerprint density at radius 2 is 1.40 bits per heavy atom. The van der Waals surface area contributed by atoms with Gasteiger partial charge in [0.2, 0.25) is 0 Å². The summed E-state index contributed by atoms with van der Waals surface area (Å²) in [7, 11) is 0. The van der Waals surface area contributed by atoms with Crippen molar-refractivity contribution < 1.29 is 34.4 Å². The van der Waals surface area contributed by atoms with E-state index in [1.54, 1.807) is 0 Å². The Hall–Kier alpha value is -4.83. The maximum Gasteiger partial charge on any atom is 0.162 e. The summed E-state index contributed by atoms with van der Waals surface area (Å²) in [5, 5.41) is 14.5. The molecule has 1 aliphatic carbocycles. The predicted molar refractivity (Wildman–Crippen MR) is 225 cm³/mol. The zero-order valence-electron chi connectivity index (χ0n) is 32.9. The molecular formula is C50H50IrNO3-. The standard InChI is InChI=1S/C37H26NO.C13H24O2.Ir/c1-22-14-16-26-25(20-22)15-17-28-33(26)37(2,3)30-19-18-27(23-10-6-4-7-11-23)35-31(30)32-34(28)38-21-29(36(32)39-35)24-12-8-5-9-13-24;1-5-10(6-2)12(14)9-13(15)11(7-3)8-4;/h4-16,18-21H,1-3H3;9-11,14H,5-8H2,1-4H3;/q-1;;/b;12-9-;. The van der Waals surface area contributed by atoms with E-state index in [1.165, 1.54) is 33.5 Å². The van der Waals surface area contributed by atoms with E-state index in [0.29, 0.717) is 0 Å². The van der Waals surface area contributed by atoms with Gasteiger partial charge in [0, 0.05) is 71.8 Å². The number of aliphatic hydroxyl groups excluding tert-OH is 1. The molecule has 7 aromatic rings. The number of hydrogen-bond acceptors (Lipinski definition) is 4. The number of fused-ring (bicyclic) bond motifs is 4. The molecule has 5 heteroatoms. The largest absolute Gasteiger partial charge is 0.512 e. The Morgan fingerprint density at radius 3 is 2.02 bits per heavy atom. The molecule has 0 saturated heterocycles. The number of aromatic nitrogens is 1. The van der Waals surface area contributed by atoms with E-state index in [1.807, 2.05) is 40.0 Å². The number of rotatable bonds is 9. The molecular weight excluding hydrogens is 855 g/mol. The second-order valence-electron chi connectivity index (χ2n) is 15.2. The molecule has 0 atom stereocenters. The second-order valence-corrected chi connectivity index (χ2v) is 15.2. The van der Waals surface area contributed by atoms with Crippen LogP contribution in [0.15, 0.2) is 120 Å². The maximum absolute atomic E-state index is 11.7. The molecule has 8 rings (SSSR count). The summed E-state index contributed by atoms with van der Waals surface area (Å²) in [5.74, 6) is 0.547. The predicted octanol–water partition coefficient (Wildman–Crippen LogP) is 13.8. The van der Waals surface area contributed by atoms with Crippen LogP contribution < -0.4 is 0 Å². The Labute approximate surface area is 339 Å². The zero-order chi connectivity index (χ0) is 38.1. The molecule has 0 unspecified atom stereocenters. The molecule has 0 saturated carbocycles. The van der Waals surface area contributed by atoms with Crippen molar-refractivity contribution >= 4 is 38.5 Å². The van der Waals surface area contributed by atoms with Crippen LogP contribution in [0.25, 0.3) is 66.2 Å². The van der Waals surface area contributed by atoms with Crippen molar-refractivity contribution in [2.45, 2.75) is 79.6 Å². The van der Waals surface area contributed by atoms with Gasteiger partial charge in [0.15, 0.2) is 5.78 Å². The third-order valence-corrected chi connectivity index (χ3v) is 11.5. The number of furan rings is 1. The molecule has 1 N–H and O–H groups in total. The molecule has 4 nitrogen and oxygen atoms in total. The minimum atomic E-state index is -0.307. The summed E-state index contributed by atoms with van der Waals surface area (Å²) in [4.78, 5) is 16.9. The minimum absolute atomic E-state index is 0. The van der Waals surface area contributed by atoms with Crippen molar-refractivity contribution in [2.75, 3.05) is 0 Å². The van der Waals surface area contributed by atoms with Crippen LogP contribution in [0.5, 0.6) is 0 Å². The van der Waals surface area contributed by atoms with E-state index in [9.17, 15) is 9.90 Å². The first-order valence-electron chi connectivity index (χ1n) is 19.5. The number of hydrogen-bond donors (Lipinski definition) is 1. The fraction of sp³-hybridized carbons (Fsp3) is 0.280. The quantitative estimate of drug-likeness (QED) is 0.0890. The SMILES string of the molecule is CCC(CC)C(=O)/C=C(\O)C(CC)CC.Cc1ccc2c3c([c-]cc2c1)-c1ncc(-c2ccccc2)c2oc4c(-c5ccccc5)ccc(c4c12)C3(C)C.[Ir]. The van der Waals surface area contributed by atoms with Crippen LogP contribution in [0.4, 0.5) is 0 Å². The van der Waals surface area contributed by atoms with Crippen molar-refractivity contribution in [1.82, 2.24) is 4.98 Å². The van der Waals surface area contributed by atoms with Gasteiger partial charge in [-0.15, -0.1) is 23.3 Å². The summed E-state index contributed by atoms with van der Waals surface area (Å²) in [5.41, 5.74) is 11.6. The van der Waals surface area contributed by atoms with Gasteiger partial charge in [0.25, 0.3) is 0 Å². The Balaban J connectivity index is 0.000000276. The molecule has 55 heavy (non-hydrogen) atoms. The molecule has 2 heterocycles. The van der Waals surface area contributed by atoms with Gasteiger partial charge in [-0.05, 0) is 54.7 Å². The molecule has 283 valence electrons. The number of aryl methyl sites for hydroxylation is 1. The number of benzene rings is 5. The van der Waals surface area contributed by atoms with E-state index in [-0.39, 0.29) is 48.9 Å². The third kappa shape index (κ3) is 7.21. The molecule has 5 aromatic carbocycles. The number of nitrogens with zero attached hydrogens (tertiary/aromatic N) is 1. The van der Waals surface area contributed by atoms with E-state index in [2.05, 4.69) is 118 Å². The van der Waals surface area contributed by atoms with Gasteiger partial charge >= 0.3 is 0 Å². The van der Waals surface area contributed by atoms with E-state index >= 15 is 0 Å². The zero-order valence-corrected chi connectivity index (χ0v) is 35.3. The monoisotopic (exact) mass is 905 g/mol. The Bertz CT molecular complexity index is 2500. The van der Waals surface area contributed by atoms with Gasteiger partial charge in [-0.25, -0.2) is 0 Å². The van der Waals surface area contributed by atoms with Gasteiger partial charge in [-0.3, -0.25) is 4.79 Å². The summed E-state index contributed by atoms with van der Waals surface area (Å²) in [6.07, 6.45) is 6.88. The van der Waals surface area contributed by atoms with Gasteiger partial charge < -0.3 is 14.5 Å². The molecule has 1 aliphatic rings. The molecule has 2 aromatic heterocycles. The summed E-state index contributed by atoms with van der Waals surface area (Å²) in [6.45, 7) is 14.9. The third-order valence-electron chi connectivity index (χ3n) is 11.5. The van der Waals surface area contributed by atoms with Gasteiger partial charge in [-0.2, -0.15) is 0 Å². The van der Waals surface area contributed by atoms with Crippen LogP contribution >= 0.6 is 0 Å². The van der Waals surface area contributed by atoms with Gasteiger partial charge in [-0.1, -0.05) is 149 Å². The molecule has 1 radical (unpaired) electrons. The van der Waals surface area contributed by atoms with Crippen molar-refractivity contribution in [3.05, 3.63) is 138 Å². The van der Waals surface area contributed by atoms with Crippen molar-refractivity contribution in [3.8, 4) is 33.5 Å². The van der Waals surface area contributed by atoms with Crippen LogP contribution in [0.2, 0.25) is 0 Å². The van der Waals surface area contributed by atoms with Crippen LogP contribution in [-0.4, -0.2) is 15.9 Å². The average Bonchev–Trinajstić information content (AvgIpc) is 3.56.